The van der Waals surface area contributed by atoms with Gasteiger partial charge in [-0.15, -0.1) is 0 Å². The third-order valence-electron chi connectivity index (χ3n) is 6.58. The standard InChI is InChI=1S/C20H24N2O2/c23-11-13-10-16-15-7-3-4-8-17(15)21-19(16)20-14-6-2-1-5-12(14)9-18(24)22(13)20/h3-4,7-8,12-14,20-21,23H,1-2,5-6,9-11H2/t12-,13+,14+,20-/m1/s1. The number of hydrogen-bond acceptors (Lipinski definition) is 2. The molecule has 0 radical (unpaired) electrons. The molecule has 1 aromatic carbocycles. The lowest BCUT2D eigenvalue weighted by atomic mass is 9.67. The van der Waals surface area contributed by atoms with Crippen LogP contribution in [0.15, 0.2) is 24.3 Å². The van der Waals surface area contributed by atoms with E-state index in [2.05, 4.69) is 29.2 Å². The normalized spacial score (nSPS) is 32.4. The van der Waals surface area contributed by atoms with Crippen LogP contribution in [-0.4, -0.2) is 33.5 Å². The van der Waals surface area contributed by atoms with E-state index >= 15 is 0 Å². The predicted molar refractivity (Wildman–Crippen MR) is 92.5 cm³/mol. The molecule has 1 saturated carbocycles. The molecule has 1 amide bonds. The zero-order valence-corrected chi connectivity index (χ0v) is 13.9. The minimum absolute atomic E-state index is 0.0541. The van der Waals surface area contributed by atoms with E-state index in [1.807, 2.05) is 4.90 Å². The highest BCUT2D eigenvalue weighted by Gasteiger charge is 2.49. The molecule has 2 fully saturated rings. The molecule has 0 spiro atoms. The van der Waals surface area contributed by atoms with Crippen molar-refractivity contribution in [3.05, 3.63) is 35.5 Å². The third-order valence-corrected chi connectivity index (χ3v) is 6.58. The summed E-state index contributed by atoms with van der Waals surface area (Å²) in [4.78, 5) is 18.5. The number of H-pyrrole nitrogens is 1. The predicted octanol–water partition coefficient (Wildman–Crippen LogP) is 3.16. The van der Waals surface area contributed by atoms with Crippen molar-refractivity contribution in [1.82, 2.24) is 9.88 Å². The lowest BCUT2D eigenvalue weighted by Gasteiger charge is -2.52. The van der Waals surface area contributed by atoms with Crippen molar-refractivity contribution in [3.8, 4) is 0 Å². The second-order valence-electron chi connectivity index (χ2n) is 7.76. The maximum atomic E-state index is 12.9. The first kappa shape index (κ1) is 14.5. The summed E-state index contributed by atoms with van der Waals surface area (Å²) >= 11 is 0. The fourth-order valence-electron chi connectivity index (χ4n) is 5.56. The SMILES string of the molecule is O=C1C[C@H]2CCCC[C@@H]2[C@@H]2c3[nH]c4ccccc4c3C[C@@H](CO)N12. The molecule has 0 unspecified atom stereocenters. The van der Waals surface area contributed by atoms with Crippen LogP contribution in [0.4, 0.5) is 0 Å². The topological polar surface area (TPSA) is 56.3 Å². The van der Waals surface area contributed by atoms with Crippen molar-refractivity contribution in [2.45, 2.75) is 50.6 Å². The van der Waals surface area contributed by atoms with E-state index in [9.17, 15) is 9.90 Å². The first-order valence-electron chi connectivity index (χ1n) is 9.29. The molecule has 24 heavy (non-hydrogen) atoms. The Bertz CT molecular complexity index is 796. The second kappa shape index (κ2) is 5.35. The molecule has 2 N–H and O–H groups in total. The number of piperidine rings is 1. The van der Waals surface area contributed by atoms with Crippen LogP contribution in [0.2, 0.25) is 0 Å². The summed E-state index contributed by atoms with van der Waals surface area (Å²) in [6.45, 7) is 0.0541. The highest BCUT2D eigenvalue weighted by Crippen LogP contribution is 2.51. The maximum Gasteiger partial charge on any atom is 0.223 e. The number of aliphatic hydroxyl groups excluding tert-OH is 1. The molecule has 1 saturated heterocycles. The van der Waals surface area contributed by atoms with Crippen molar-refractivity contribution >= 4 is 16.8 Å². The van der Waals surface area contributed by atoms with E-state index in [0.29, 0.717) is 18.3 Å². The largest absolute Gasteiger partial charge is 0.394 e. The average Bonchev–Trinajstić information content (AvgIpc) is 2.99. The summed E-state index contributed by atoms with van der Waals surface area (Å²) in [5, 5.41) is 11.2. The van der Waals surface area contributed by atoms with Crippen LogP contribution < -0.4 is 0 Å². The highest BCUT2D eigenvalue weighted by molar-refractivity contribution is 5.87. The van der Waals surface area contributed by atoms with E-state index in [0.717, 1.165) is 11.9 Å². The Hall–Kier alpha value is -1.81. The number of amides is 1. The van der Waals surface area contributed by atoms with Gasteiger partial charge in [0.1, 0.15) is 0 Å². The molecule has 5 rings (SSSR count). The first-order chi connectivity index (χ1) is 11.8. The molecule has 4 heteroatoms. The summed E-state index contributed by atoms with van der Waals surface area (Å²) in [5.74, 6) is 1.30. The summed E-state index contributed by atoms with van der Waals surface area (Å²) < 4.78 is 0. The number of nitrogens with zero attached hydrogens (tertiary/aromatic N) is 1. The Balaban J connectivity index is 1.70. The number of aromatic amines is 1. The quantitative estimate of drug-likeness (QED) is 0.846. The molecule has 2 aromatic rings. The molecule has 4 nitrogen and oxygen atoms in total. The minimum atomic E-state index is -0.0721. The van der Waals surface area contributed by atoms with Gasteiger partial charge in [0.25, 0.3) is 0 Å². The van der Waals surface area contributed by atoms with Gasteiger partial charge in [0.15, 0.2) is 0 Å². The molecule has 3 aliphatic rings. The van der Waals surface area contributed by atoms with Crippen LogP contribution in [-0.2, 0) is 11.2 Å². The number of nitrogens with one attached hydrogen (secondary N) is 1. The van der Waals surface area contributed by atoms with E-state index in [4.69, 9.17) is 0 Å². The van der Waals surface area contributed by atoms with Gasteiger partial charge in [-0.05, 0) is 42.7 Å². The van der Waals surface area contributed by atoms with Gasteiger partial charge < -0.3 is 15.0 Å². The Morgan fingerprint density at radius 3 is 2.88 bits per heavy atom. The Morgan fingerprint density at radius 1 is 1.17 bits per heavy atom. The smallest absolute Gasteiger partial charge is 0.223 e. The van der Waals surface area contributed by atoms with Crippen LogP contribution in [0.1, 0.15) is 49.4 Å². The number of benzene rings is 1. The van der Waals surface area contributed by atoms with Crippen LogP contribution in [0.5, 0.6) is 0 Å². The average molecular weight is 324 g/mol. The zero-order valence-electron chi connectivity index (χ0n) is 13.9. The van der Waals surface area contributed by atoms with Gasteiger partial charge in [-0.25, -0.2) is 0 Å². The van der Waals surface area contributed by atoms with Crippen molar-refractivity contribution < 1.29 is 9.90 Å². The van der Waals surface area contributed by atoms with E-state index in [1.54, 1.807) is 0 Å². The van der Waals surface area contributed by atoms with Gasteiger partial charge in [0.2, 0.25) is 5.91 Å². The van der Waals surface area contributed by atoms with E-state index in [-0.39, 0.29) is 24.6 Å². The van der Waals surface area contributed by atoms with Gasteiger partial charge in [0.05, 0.1) is 18.7 Å². The van der Waals surface area contributed by atoms with Crippen LogP contribution in [0, 0.1) is 11.8 Å². The van der Waals surface area contributed by atoms with E-state index in [1.165, 1.54) is 42.3 Å². The molecule has 1 aliphatic carbocycles. The number of aromatic nitrogens is 1. The number of carbonyl (C=O) groups is 1. The molecular weight excluding hydrogens is 300 g/mol. The number of hydrogen-bond donors (Lipinski definition) is 2. The minimum Gasteiger partial charge on any atom is -0.394 e. The van der Waals surface area contributed by atoms with Crippen molar-refractivity contribution in [2.75, 3.05) is 6.61 Å². The molecule has 4 atom stereocenters. The van der Waals surface area contributed by atoms with Crippen molar-refractivity contribution in [1.29, 1.82) is 0 Å². The summed E-state index contributed by atoms with van der Waals surface area (Å²) in [6, 6.07) is 8.47. The first-order valence-corrected chi connectivity index (χ1v) is 9.29. The molecular formula is C20H24N2O2. The summed E-state index contributed by atoms with van der Waals surface area (Å²) in [7, 11) is 0. The number of rotatable bonds is 1. The van der Waals surface area contributed by atoms with Crippen LogP contribution >= 0.6 is 0 Å². The highest BCUT2D eigenvalue weighted by atomic mass is 16.3. The number of fused-ring (bicyclic) bond motifs is 7. The third kappa shape index (κ3) is 1.92. The zero-order chi connectivity index (χ0) is 16.3. The Labute approximate surface area is 141 Å². The van der Waals surface area contributed by atoms with Crippen molar-refractivity contribution in [3.63, 3.8) is 0 Å². The monoisotopic (exact) mass is 324 g/mol. The molecule has 1 aromatic heterocycles. The van der Waals surface area contributed by atoms with Gasteiger partial charge in [-0.1, -0.05) is 31.0 Å². The van der Waals surface area contributed by atoms with Crippen molar-refractivity contribution in [2.24, 2.45) is 11.8 Å². The molecule has 2 aliphatic heterocycles. The lowest BCUT2D eigenvalue weighted by Crippen LogP contribution is -2.56. The fourth-order valence-corrected chi connectivity index (χ4v) is 5.56. The maximum absolute atomic E-state index is 12.9. The van der Waals surface area contributed by atoms with Gasteiger partial charge in [-0.2, -0.15) is 0 Å². The molecule has 0 bridgehead atoms. The van der Waals surface area contributed by atoms with Gasteiger partial charge in [-0.3, -0.25) is 4.79 Å². The van der Waals surface area contributed by atoms with Gasteiger partial charge in [0, 0.05) is 23.0 Å². The van der Waals surface area contributed by atoms with Crippen LogP contribution in [0.3, 0.4) is 0 Å². The molecule has 3 heterocycles. The van der Waals surface area contributed by atoms with Gasteiger partial charge >= 0.3 is 0 Å². The fraction of sp³-hybridized carbons (Fsp3) is 0.550. The lowest BCUT2D eigenvalue weighted by molar-refractivity contribution is -0.150. The number of para-hydroxylation sites is 1. The Morgan fingerprint density at radius 2 is 2.00 bits per heavy atom. The Kier molecular flexibility index (Phi) is 3.24. The summed E-state index contributed by atoms with van der Waals surface area (Å²) in [5.41, 5.74) is 3.72. The number of carbonyl (C=O) groups excluding carboxylic acids is 1. The second-order valence-corrected chi connectivity index (χ2v) is 7.76. The summed E-state index contributed by atoms with van der Waals surface area (Å²) in [6.07, 6.45) is 6.33. The molecule has 126 valence electrons. The van der Waals surface area contributed by atoms with Crippen LogP contribution in [0.25, 0.3) is 10.9 Å². The van der Waals surface area contributed by atoms with E-state index < -0.39 is 0 Å². The number of aliphatic hydroxyl groups is 1.